The van der Waals surface area contributed by atoms with Gasteiger partial charge in [-0.3, -0.25) is 0 Å². The van der Waals surface area contributed by atoms with Crippen molar-refractivity contribution < 1.29 is 0 Å². The molecule has 1 atom stereocenters. The van der Waals surface area contributed by atoms with Crippen LogP contribution in [0.25, 0.3) is 0 Å². The van der Waals surface area contributed by atoms with Crippen molar-refractivity contribution in [2.75, 3.05) is 0 Å². The zero-order valence-corrected chi connectivity index (χ0v) is 10.5. The molecule has 0 saturated carbocycles. The molecule has 15 heavy (non-hydrogen) atoms. The normalized spacial score (nSPS) is 13.1. The molecule has 1 N–H and O–H groups in total. The summed E-state index contributed by atoms with van der Waals surface area (Å²) in [5, 5.41) is 4.39. The Morgan fingerprint density at radius 1 is 1.27 bits per heavy atom. The molecule has 84 valence electrons. The van der Waals surface area contributed by atoms with Crippen LogP contribution >= 0.6 is 11.6 Å². The summed E-state index contributed by atoms with van der Waals surface area (Å²) in [6.45, 7) is 7.56. The van der Waals surface area contributed by atoms with E-state index in [1.165, 1.54) is 5.56 Å². The van der Waals surface area contributed by atoms with Crippen molar-refractivity contribution in [3.8, 4) is 0 Å². The van der Waals surface area contributed by atoms with E-state index in [-0.39, 0.29) is 0 Å². The van der Waals surface area contributed by atoms with Gasteiger partial charge in [0.15, 0.2) is 0 Å². The molecule has 0 aromatic heterocycles. The first-order valence-corrected chi connectivity index (χ1v) is 5.99. The minimum atomic E-state index is 0.571. The Bertz CT molecular complexity index is 296. The second-order valence-corrected chi connectivity index (χ2v) is 4.64. The van der Waals surface area contributed by atoms with Gasteiger partial charge >= 0.3 is 0 Å². The fraction of sp³-hybridized carbons (Fsp3) is 0.538. The standard InChI is InChI=1S/C13H20ClN/c1-4-13(10(2)3)15-9-11-7-5-6-8-12(11)14/h5-8,10,13,15H,4,9H2,1-3H3. The molecule has 1 aromatic carbocycles. The molecule has 0 fully saturated rings. The van der Waals surface area contributed by atoms with Crippen molar-refractivity contribution >= 4 is 11.6 Å². The highest BCUT2D eigenvalue weighted by Gasteiger charge is 2.10. The lowest BCUT2D eigenvalue weighted by atomic mass is 10.0. The molecule has 0 aliphatic rings. The van der Waals surface area contributed by atoms with Gasteiger partial charge in [0.25, 0.3) is 0 Å². The van der Waals surface area contributed by atoms with Gasteiger partial charge in [0.2, 0.25) is 0 Å². The molecule has 0 aliphatic heterocycles. The maximum Gasteiger partial charge on any atom is 0.0450 e. The number of benzene rings is 1. The van der Waals surface area contributed by atoms with Crippen LogP contribution < -0.4 is 5.32 Å². The van der Waals surface area contributed by atoms with Gasteiger partial charge in [-0.05, 0) is 24.0 Å². The molecule has 0 amide bonds. The molecule has 1 nitrogen and oxygen atoms in total. The van der Waals surface area contributed by atoms with Crippen LogP contribution in [0.15, 0.2) is 24.3 Å². The van der Waals surface area contributed by atoms with Crippen molar-refractivity contribution in [2.24, 2.45) is 5.92 Å². The minimum absolute atomic E-state index is 0.571. The molecule has 0 radical (unpaired) electrons. The summed E-state index contributed by atoms with van der Waals surface area (Å²) < 4.78 is 0. The third-order valence-corrected chi connectivity index (χ3v) is 3.13. The van der Waals surface area contributed by atoms with Gasteiger partial charge in [-0.15, -0.1) is 0 Å². The average molecular weight is 226 g/mol. The van der Waals surface area contributed by atoms with Crippen molar-refractivity contribution in [3.05, 3.63) is 34.9 Å². The summed E-state index contributed by atoms with van der Waals surface area (Å²) in [6.07, 6.45) is 1.15. The quantitative estimate of drug-likeness (QED) is 0.803. The summed E-state index contributed by atoms with van der Waals surface area (Å²) in [7, 11) is 0. The van der Waals surface area contributed by atoms with Crippen LogP contribution in [0.4, 0.5) is 0 Å². The van der Waals surface area contributed by atoms with E-state index in [9.17, 15) is 0 Å². The van der Waals surface area contributed by atoms with E-state index in [0.717, 1.165) is 18.0 Å². The lowest BCUT2D eigenvalue weighted by Gasteiger charge is -2.21. The second kappa shape index (κ2) is 6.14. The van der Waals surface area contributed by atoms with E-state index < -0.39 is 0 Å². The lowest BCUT2D eigenvalue weighted by Crippen LogP contribution is -2.32. The highest BCUT2D eigenvalue weighted by Crippen LogP contribution is 2.15. The SMILES string of the molecule is CCC(NCc1ccccc1Cl)C(C)C. The third kappa shape index (κ3) is 3.84. The molecular weight excluding hydrogens is 206 g/mol. The molecule has 0 aliphatic carbocycles. The van der Waals surface area contributed by atoms with Crippen LogP contribution in [0.2, 0.25) is 5.02 Å². The summed E-state index contributed by atoms with van der Waals surface area (Å²) in [4.78, 5) is 0. The fourth-order valence-electron chi connectivity index (χ4n) is 1.73. The van der Waals surface area contributed by atoms with Crippen LogP contribution in [0, 0.1) is 5.92 Å². The predicted octanol–water partition coefficient (Wildman–Crippen LogP) is 3.86. The van der Waals surface area contributed by atoms with Crippen LogP contribution in [-0.2, 0) is 6.54 Å². The molecular formula is C13H20ClN. The number of nitrogens with one attached hydrogen (secondary N) is 1. The Morgan fingerprint density at radius 2 is 1.93 bits per heavy atom. The topological polar surface area (TPSA) is 12.0 Å². The smallest absolute Gasteiger partial charge is 0.0450 e. The van der Waals surface area contributed by atoms with E-state index in [2.05, 4.69) is 32.2 Å². The van der Waals surface area contributed by atoms with Crippen LogP contribution in [0.5, 0.6) is 0 Å². The second-order valence-electron chi connectivity index (χ2n) is 4.23. The van der Waals surface area contributed by atoms with E-state index in [1.54, 1.807) is 0 Å². The maximum absolute atomic E-state index is 6.09. The van der Waals surface area contributed by atoms with Gasteiger partial charge in [0.1, 0.15) is 0 Å². The Kier molecular flexibility index (Phi) is 5.13. The van der Waals surface area contributed by atoms with E-state index >= 15 is 0 Å². The van der Waals surface area contributed by atoms with Crippen LogP contribution in [0.3, 0.4) is 0 Å². The van der Waals surface area contributed by atoms with E-state index in [4.69, 9.17) is 11.6 Å². The first-order valence-electron chi connectivity index (χ1n) is 5.62. The Labute approximate surface area is 97.8 Å². The van der Waals surface area contributed by atoms with Crippen molar-refractivity contribution in [1.82, 2.24) is 5.32 Å². The molecule has 0 bridgehead atoms. The highest BCUT2D eigenvalue weighted by molar-refractivity contribution is 6.31. The minimum Gasteiger partial charge on any atom is -0.310 e. The van der Waals surface area contributed by atoms with Gasteiger partial charge in [-0.25, -0.2) is 0 Å². The van der Waals surface area contributed by atoms with Crippen molar-refractivity contribution in [1.29, 1.82) is 0 Å². The van der Waals surface area contributed by atoms with Gasteiger partial charge in [-0.1, -0.05) is 50.6 Å². The monoisotopic (exact) mass is 225 g/mol. The summed E-state index contributed by atoms with van der Waals surface area (Å²) in [5.41, 5.74) is 1.18. The number of halogens is 1. The van der Waals surface area contributed by atoms with Crippen LogP contribution in [-0.4, -0.2) is 6.04 Å². The largest absolute Gasteiger partial charge is 0.310 e. The van der Waals surface area contributed by atoms with Crippen molar-refractivity contribution in [2.45, 2.75) is 39.8 Å². The Hall–Kier alpha value is -0.530. The lowest BCUT2D eigenvalue weighted by molar-refractivity contribution is 0.387. The number of rotatable bonds is 5. The molecule has 0 saturated heterocycles. The summed E-state index contributed by atoms with van der Waals surface area (Å²) >= 11 is 6.09. The molecule has 1 aromatic rings. The predicted molar refractivity (Wildman–Crippen MR) is 67.2 cm³/mol. The maximum atomic E-state index is 6.09. The number of hydrogen-bond acceptors (Lipinski definition) is 1. The Morgan fingerprint density at radius 3 is 2.47 bits per heavy atom. The van der Waals surface area contributed by atoms with E-state index in [1.807, 2.05) is 18.2 Å². The van der Waals surface area contributed by atoms with Gasteiger partial charge in [-0.2, -0.15) is 0 Å². The fourth-order valence-corrected chi connectivity index (χ4v) is 1.94. The van der Waals surface area contributed by atoms with Gasteiger partial charge < -0.3 is 5.32 Å². The molecule has 0 heterocycles. The molecule has 2 heteroatoms. The third-order valence-electron chi connectivity index (χ3n) is 2.76. The number of hydrogen-bond donors (Lipinski definition) is 1. The highest BCUT2D eigenvalue weighted by atomic mass is 35.5. The van der Waals surface area contributed by atoms with Crippen LogP contribution in [0.1, 0.15) is 32.8 Å². The zero-order valence-electron chi connectivity index (χ0n) is 9.76. The van der Waals surface area contributed by atoms with Gasteiger partial charge in [0, 0.05) is 17.6 Å². The first-order chi connectivity index (χ1) is 7.15. The molecule has 1 unspecified atom stereocenters. The molecule has 0 spiro atoms. The summed E-state index contributed by atoms with van der Waals surface area (Å²) in [5.74, 6) is 0.664. The first kappa shape index (κ1) is 12.5. The Balaban J connectivity index is 2.53. The summed E-state index contributed by atoms with van der Waals surface area (Å²) in [6, 6.07) is 8.57. The molecule has 1 rings (SSSR count). The zero-order chi connectivity index (χ0) is 11.3. The van der Waals surface area contributed by atoms with Crippen molar-refractivity contribution in [3.63, 3.8) is 0 Å². The van der Waals surface area contributed by atoms with E-state index in [0.29, 0.717) is 12.0 Å². The van der Waals surface area contributed by atoms with Gasteiger partial charge in [0.05, 0.1) is 0 Å². The average Bonchev–Trinajstić information content (AvgIpc) is 2.21.